The van der Waals surface area contributed by atoms with E-state index in [0.29, 0.717) is 17.2 Å². The summed E-state index contributed by atoms with van der Waals surface area (Å²) in [5, 5.41) is 19.0. The summed E-state index contributed by atoms with van der Waals surface area (Å²) in [5.41, 5.74) is 2.29. The van der Waals surface area contributed by atoms with Crippen molar-refractivity contribution < 1.29 is 9.72 Å². The molecular weight excluding hydrogens is 358 g/mol. The third-order valence-electron chi connectivity index (χ3n) is 4.21. The Hall–Kier alpha value is -4.07. The molecule has 0 aliphatic carbocycles. The molecule has 8 nitrogen and oxygen atoms in total. The molecule has 0 fully saturated rings. The van der Waals surface area contributed by atoms with Gasteiger partial charge in [-0.05, 0) is 31.2 Å². The van der Waals surface area contributed by atoms with Crippen LogP contribution in [0.25, 0.3) is 16.6 Å². The van der Waals surface area contributed by atoms with Crippen molar-refractivity contribution in [3.63, 3.8) is 0 Å². The van der Waals surface area contributed by atoms with Crippen LogP contribution in [0.2, 0.25) is 0 Å². The van der Waals surface area contributed by atoms with E-state index in [2.05, 4.69) is 15.4 Å². The highest BCUT2D eigenvalue weighted by molar-refractivity contribution is 6.03. The van der Waals surface area contributed by atoms with Gasteiger partial charge >= 0.3 is 0 Å². The Labute approximate surface area is 159 Å². The van der Waals surface area contributed by atoms with Crippen LogP contribution < -0.4 is 5.32 Å². The zero-order chi connectivity index (χ0) is 19.7. The molecule has 0 spiro atoms. The summed E-state index contributed by atoms with van der Waals surface area (Å²) in [6, 6.07) is 18.7. The molecule has 8 heteroatoms. The number of hydrogen-bond acceptors (Lipinski definition) is 5. The monoisotopic (exact) mass is 373 g/mol. The number of carbonyl (C=O) groups is 1. The Kier molecular flexibility index (Phi) is 4.29. The number of aryl methyl sites for hydroxylation is 1. The number of hydrogen-bond donors (Lipinski definition) is 1. The van der Waals surface area contributed by atoms with E-state index >= 15 is 0 Å². The average Bonchev–Trinajstić information content (AvgIpc) is 3.07. The number of pyridine rings is 1. The largest absolute Gasteiger partial charge is 0.305 e. The Morgan fingerprint density at radius 3 is 2.57 bits per heavy atom. The van der Waals surface area contributed by atoms with Crippen molar-refractivity contribution in [3.8, 4) is 5.69 Å². The van der Waals surface area contributed by atoms with Crippen LogP contribution in [0.15, 0.2) is 66.7 Å². The van der Waals surface area contributed by atoms with Crippen molar-refractivity contribution in [1.29, 1.82) is 0 Å². The van der Waals surface area contributed by atoms with Gasteiger partial charge in [-0.25, -0.2) is 9.67 Å². The molecule has 0 saturated heterocycles. The Morgan fingerprint density at radius 1 is 1.07 bits per heavy atom. The van der Waals surface area contributed by atoms with Crippen LogP contribution in [0.4, 0.5) is 11.5 Å². The predicted octanol–water partition coefficient (Wildman–Crippen LogP) is 3.89. The average molecular weight is 373 g/mol. The van der Waals surface area contributed by atoms with Crippen LogP contribution in [0.1, 0.15) is 16.2 Å². The van der Waals surface area contributed by atoms with Gasteiger partial charge < -0.3 is 5.32 Å². The molecular formula is C20H15N5O3. The maximum absolute atomic E-state index is 12.7. The van der Waals surface area contributed by atoms with Crippen LogP contribution in [0.3, 0.4) is 0 Å². The van der Waals surface area contributed by atoms with Gasteiger partial charge in [0.25, 0.3) is 11.6 Å². The number of fused-ring (bicyclic) bond motifs is 1. The molecule has 138 valence electrons. The number of nitrogens with one attached hydrogen (secondary N) is 1. The molecule has 0 saturated carbocycles. The molecule has 1 N–H and O–H groups in total. The molecule has 28 heavy (non-hydrogen) atoms. The number of nitro groups is 1. The fraction of sp³-hybridized carbons (Fsp3) is 0.0500. The lowest BCUT2D eigenvalue weighted by atomic mass is 10.2. The van der Waals surface area contributed by atoms with Gasteiger partial charge in [-0.2, -0.15) is 5.10 Å². The SMILES string of the molecule is Cc1cc(NC(=O)c2ccc3ccccc3n2)n(-c2ccc([N+](=O)[O-])cc2)n1. The minimum Gasteiger partial charge on any atom is -0.305 e. The highest BCUT2D eigenvalue weighted by Gasteiger charge is 2.15. The fourth-order valence-corrected chi connectivity index (χ4v) is 2.87. The van der Waals surface area contributed by atoms with Crippen LogP contribution >= 0.6 is 0 Å². The number of amides is 1. The van der Waals surface area contributed by atoms with Crippen LogP contribution in [-0.4, -0.2) is 25.6 Å². The smallest absolute Gasteiger partial charge is 0.275 e. The number of aromatic nitrogens is 3. The molecule has 0 unspecified atom stereocenters. The van der Waals surface area contributed by atoms with Crippen molar-refractivity contribution in [3.05, 3.63) is 88.2 Å². The lowest BCUT2D eigenvalue weighted by Crippen LogP contribution is -2.16. The topological polar surface area (TPSA) is 103 Å². The maximum atomic E-state index is 12.7. The Balaban J connectivity index is 1.64. The second kappa shape index (κ2) is 6.92. The summed E-state index contributed by atoms with van der Waals surface area (Å²) >= 11 is 0. The predicted molar refractivity (Wildman–Crippen MR) is 105 cm³/mol. The second-order valence-electron chi connectivity index (χ2n) is 6.20. The van der Waals surface area contributed by atoms with E-state index in [0.717, 1.165) is 10.9 Å². The summed E-state index contributed by atoms with van der Waals surface area (Å²) < 4.78 is 1.53. The molecule has 2 aromatic heterocycles. The number of rotatable bonds is 4. The second-order valence-corrected chi connectivity index (χ2v) is 6.20. The number of para-hydroxylation sites is 1. The summed E-state index contributed by atoms with van der Waals surface area (Å²) in [7, 11) is 0. The number of nitro benzene ring substituents is 1. The summed E-state index contributed by atoms with van der Waals surface area (Å²) in [4.78, 5) is 27.5. The third-order valence-corrected chi connectivity index (χ3v) is 4.21. The highest BCUT2D eigenvalue weighted by Crippen LogP contribution is 2.21. The van der Waals surface area contributed by atoms with Crippen molar-refractivity contribution in [2.75, 3.05) is 5.32 Å². The molecule has 2 aromatic carbocycles. The fourth-order valence-electron chi connectivity index (χ4n) is 2.87. The van der Waals surface area contributed by atoms with Crippen molar-refractivity contribution in [2.45, 2.75) is 6.92 Å². The highest BCUT2D eigenvalue weighted by atomic mass is 16.6. The van der Waals surface area contributed by atoms with E-state index in [1.807, 2.05) is 30.3 Å². The van der Waals surface area contributed by atoms with E-state index in [1.165, 1.54) is 16.8 Å². The van der Waals surface area contributed by atoms with Gasteiger partial charge in [0.15, 0.2) is 0 Å². The zero-order valence-corrected chi connectivity index (χ0v) is 14.9. The molecule has 0 aliphatic rings. The van der Waals surface area contributed by atoms with Gasteiger partial charge in [0, 0.05) is 23.6 Å². The third kappa shape index (κ3) is 3.30. The first-order chi connectivity index (χ1) is 13.5. The standard InChI is InChI=1S/C20H15N5O3/c1-13-12-19(24(23-13)15-7-9-16(10-8-15)25(27)28)22-20(26)18-11-6-14-4-2-3-5-17(14)21-18/h2-12H,1H3,(H,22,26). The summed E-state index contributed by atoms with van der Waals surface area (Å²) in [5.74, 6) is 0.0835. The first kappa shape index (κ1) is 17.3. The van der Waals surface area contributed by atoms with Crippen LogP contribution in [-0.2, 0) is 0 Å². The van der Waals surface area contributed by atoms with Crippen molar-refractivity contribution in [1.82, 2.24) is 14.8 Å². The molecule has 0 aliphatic heterocycles. The molecule has 2 heterocycles. The number of anilines is 1. The molecule has 4 rings (SSSR count). The zero-order valence-electron chi connectivity index (χ0n) is 14.9. The van der Waals surface area contributed by atoms with Crippen molar-refractivity contribution in [2.24, 2.45) is 0 Å². The molecule has 0 bridgehead atoms. The summed E-state index contributed by atoms with van der Waals surface area (Å²) in [6.45, 7) is 1.80. The van der Waals surface area contributed by atoms with E-state index in [1.54, 1.807) is 31.2 Å². The van der Waals surface area contributed by atoms with Gasteiger partial charge in [-0.1, -0.05) is 24.3 Å². The van der Waals surface area contributed by atoms with Crippen LogP contribution in [0, 0.1) is 17.0 Å². The number of non-ortho nitro benzene ring substituents is 1. The first-order valence-electron chi connectivity index (χ1n) is 8.50. The van der Waals surface area contributed by atoms with E-state index in [4.69, 9.17) is 0 Å². The maximum Gasteiger partial charge on any atom is 0.275 e. The molecule has 4 aromatic rings. The lowest BCUT2D eigenvalue weighted by Gasteiger charge is -2.09. The quantitative estimate of drug-likeness (QED) is 0.432. The lowest BCUT2D eigenvalue weighted by molar-refractivity contribution is -0.384. The normalized spacial score (nSPS) is 10.8. The Bertz CT molecular complexity index is 1200. The minimum atomic E-state index is -0.466. The van der Waals surface area contributed by atoms with Crippen molar-refractivity contribution >= 4 is 28.3 Å². The van der Waals surface area contributed by atoms with Gasteiger partial charge in [-0.3, -0.25) is 14.9 Å². The number of benzene rings is 2. The molecule has 0 radical (unpaired) electrons. The van der Waals surface area contributed by atoms with Gasteiger partial charge in [0.05, 0.1) is 21.8 Å². The number of nitrogens with zero attached hydrogens (tertiary/aromatic N) is 4. The molecule has 0 atom stereocenters. The number of carbonyl (C=O) groups excluding carboxylic acids is 1. The first-order valence-corrected chi connectivity index (χ1v) is 8.50. The molecule has 1 amide bonds. The van der Waals surface area contributed by atoms with E-state index in [9.17, 15) is 14.9 Å². The van der Waals surface area contributed by atoms with Gasteiger partial charge in [0.2, 0.25) is 0 Å². The van der Waals surface area contributed by atoms with Crippen LogP contribution in [0.5, 0.6) is 0 Å². The Morgan fingerprint density at radius 2 is 1.82 bits per heavy atom. The van der Waals surface area contributed by atoms with Gasteiger partial charge in [0.1, 0.15) is 11.5 Å². The van der Waals surface area contributed by atoms with E-state index < -0.39 is 4.92 Å². The summed E-state index contributed by atoms with van der Waals surface area (Å²) in [6.07, 6.45) is 0. The minimum absolute atomic E-state index is 0.0152. The van der Waals surface area contributed by atoms with E-state index in [-0.39, 0.29) is 17.3 Å². The van der Waals surface area contributed by atoms with Gasteiger partial charge in [-0.15, -0.1) is 0 Å².